The maximum Gasteiger partial charge on any atom is 0.183 e. The highest BCUT2D eigenvalue weighted by molar-refractivity contribution is 4.81. The number of hydrogen-bond acceptors (Lipinski definition) is 5. The molecule has 1 aliphatic heterocycles. The first kappa shape index (κ1) is 6.51. The Morgan fingerprint density at radius 3 is 2.40 bits per heavy atom. The SMILES string of the molecule is [2H][C@@H]1O[C@@H](O)[C@H](O)[C@@H](O)[C@H]1O. The van der Waals surface area contributed by atoms with Crippen molar-refractivity contribution in [3.05, 3.63) is 0 Å². The number of aliphatic hydroxyl groups excluding tert-OH is 4. The maximum absolute atomic E-state index is 8.93. The summed E-state index contributed by atoms with van der Waals surface area (Å²) >= 11 is 0. The van der Waals surface area contributed by atoms with Gasteiger partial charge in [-0.15, -0.1) is 0 Å². The molecule has 0 aromatic rings. The summed E-state index contributed by atoms with van der Waals surface area (Å²) in [6, 6.07) is 0. The average molecular weight is 151 g/mol. The van der Waals surface area contributed by atoms with Crippen LogP contribution in [0.15, 0.2) is 0 Å². The van der Waals surface area contributed by atoms with Gasteiger partial charge in [0.1, 0.15) is 18.3 Å². The van der Waals surface area contributed by atoms with E-state index in [0.717, 1.165) is 0 Å². The second-order valence-electron chi connectivity index (χ2n) is 2.13. The molecular weight excluding hydrogens is 140 g/mol. The maximum atomic E-state index is 8.93. The molecule has 0 aromatic carbocycles. The highest BCUT2D eigenvalue weighted by Crippen LogP contribution is 2.12. The zero-order chi connectivity index (χ0) is 8.59. The second-order valence-corrected chi connectivity index (χ2v) is 2.13. The smallest absolute Gasteiger partial charge is 0.183 e. The van der Waals surface area contributed by atoms with Gasteiger partial charge in [0.25, 0.3) is 0 Å². The third-order valence-electron chi connectivity index (χ3n) is 1.35. The van der Waals surface area contributed by atoms with Crippen LogP contribution in [0.1, 0.15) is 1.37 Å². The fraction of sp³-hybridized carbons (Fsp3) is 1.00. The van der Waals surface area contributed by atoms with E-state index in [9.17, 15) is 0 Å². The molecule has 0 amide bonds. The number of aliphatic hydroxyl groups is 4. The largest absolute Gasteiger partial charge is 0.388 e. The van der Waals surface area contributed by atoms with Crippen LogP contribution in [0.4, 0.5) is 0 Å². The van der Waals surface area contributed by atoms with E-state index < -0.39 is 31.2 Å². The van der Waals surface area contributed by atoms with Crippen LogP contribution in [0.5, 0.6) is 0 Å². The molecule has 60 valence electrons. The Hall–Kier alpha value is -0.200. The molecule has 5 atom stereocenters. The van der Waals surface area contributed by atoms with Crippen LogP contribution in [-0.2, 0) is 4.74 Å². The van der Waals surface area contributed by atoms with Crippen LogP contribution >= 0.6 is 0 Å². The van der Waals surface area contributed by atoms with Crippen LogP contribution in [0.3, 0.4) is 0 Å². The lowest BCUT2D eigenvalue weighted by atomic mass is 10.1. The summed E-state index contributed by atoms with van der Waals surface area (Å²) in [4.78, 5) is 0. The van der Waals surface area contributed by atoms with Gasteiger partial charge in [-0.25, -0.2) is 0 Å². The monoisotopic (exact) mass is 151 g/mol. The normalized spacial score (nSPS) is 58.0. The lowest BCUT2D eigenvalue weighted by Gasteiger charge is -2.31. The molecule has 1 fully saturated rings. The molecule has 0 bridgehead atoms. The zero-order valence-corrected chi connectivity index (χ0v) is 5.08. The van der Waals surface area contributed by atoms with Crippen molar-refractivity contribution in [3.8, 4) is 0 Å². The van der Waals surface area contributed by atoms with Crippen molar-refractivity contribution in [1.29, 1.82) is 0 Å². The van der Waals surface area contributed by atoms with Gasteiger partial charge in [-0.1, -0.05) is 0 Å². The van der Waals surface area contributed by atoms with Gasteiger partial charge in [-0.05, 0) is 0 Å². The molecule has 1 heterocycles. The van der Waals surface area contributed by atoms with E-state index in [1.165, 1.54) is 0 Å². The fourth-order valence-electron chi connectivity index (χ4n) is 0.693. The number of rotatable bonds is 0. The Morgan fingerprint density at radius 2 is 1.80 bits per heavy atom. The quantitative estimate of drug-likeness (QED) is 0.305. The first-order valence-corrected chi connectivity index (χ1v) is 2.84. The summed E-state index contributed by atoms with van der Waals surface area (Å²) < 4.78 is 11.3. The summed E-state index contributed by atoms with van der Waals surface area (Å²) in [6.45, 7) is -1.41. The van der Waals surface area contributed by atoms with E-state index >= 15 is 0 Å². The predicted molar refractivity (Wildman–Crippen MR) is 30.0 cm³/mol. The molecule has 0 radical (unpaired) electrons. The lowest BCUT2D eigenvalue weighted by Crippen LogP contribution is -2.52. The molecule has 0 aliphatic carbocycles. The summed E-state index contributed by atoms with van der Waals surface area (Å²) in [5.41, 5.74) is 0. The Morgan fingerprint density at radius 1 is 1.20 bits per heavy atom. The third-order valence-corrected chi connectivity index (χ3v) is 1.35. The number of hydrogen-bond donors (Lipinski definition) is 4. The molecule has 0 spiro atoms. The fourth-order valence-corrected chi connectivity index (χ4v) is 0.693. The Balaban J connectivity index is 2.63. The molecule has 0 saturated carbocycles. The molecule has 0 aromatic heterocycles. The average Bonchev–Trinajstić information content (AvgIpc) is 1.97. The van der Waals surface area contributed by atoms with Crippen molar-refractivity contribution in [2.45, 2.75) is 24.6 Å². The topological polar surface area (TPSA) is 90.2 Å². The summed E-state index contributed by atoms with van der Waals surface area (Å²) in [7, 11) is 0. The van der Waals surface area contributed by atoms with Crippen LogP contribution in [0, 0.1) is 0 Å². The van der Waals surface area contributed by atoms with E-state index in [4.69, 9.17) is 21.8 Å². The molecule has 1 rings (SSSR count). The van der Waals surface area contributed by atoms with E-state index in [2.05, 4.69) is 4.74 Å². The lowest BCUT2D eigenvalue weighted by molar-refractivity contribution is -0.252. The van der Waals surface area contributed by atoms with Crippen molar-refractivity contribution >= 4 is 0 Å². The first-order chi connectivity index (χ1) is 5.04. The Kier molecular flexibility index (Phi) is 1.83. The van der Waals surface area contributed by atoms with E-state index in [1.807, 2.05) is 0 Å². The summed E-state index contributed by atoms with van der Waals surface area (Å²) in [6.07, 6.45) is -6.16. The minimum Gasteiger partial charge on any atom is -0.388 e. The highest BCUT2D eigenvalue weighted by Gasteiger charge is 2.36. The molecule has 5 nitrogen and oxygen atoms in total. The minimum atomic E-state index is -1.60. The Labute approximate surface area is 58.9 Å². The standard InChI is InChI=1S/C5H10O5/c6-2-1-10-5(9)4(8)3(2)7/h2-9H,1H2/t2-,3-,4+,5+/m0/s1/i1D/t1-,2-,3-,4+,5+. The molecule has 5 heteroatoms. The van der Waals surface area contributed by atoms with Gasteiger partial charge < -0.3 is 25.2 Å². The summed E-state index contributed by atoms with van der Waals surface area (Å²) in [5.74, 6) is 0. The summed E-state index contributed by atoms with van der Waals surface area (Å²) in [5, 5.41) is 35.5. The molecular formula is C5H10O5. The van der Waals surface area contributed by atoms with Crippen molar-refractivity contribution < 1.29 is 26.5 Å². The van der Waals surface area contributed by atoms with Crippen LogP contribution in [0.25, 0.3) is 0 Å². The third kappa shape index (κ3) is 1.28. The van der Waals surface area contributed by atoms with Crippen LogP contribution in [-0.4, -0.2) is 51.6 Å². The van der Waals surface area contributed by atoms with E-state index in [1.54, 1.807) is 0 Å². The molecule has 4 N–H and O–H groups in total. The van der Waals surface area contributed by atoms with Crippen molar-refractivity contribution in [2.75, 3.05) is 6.58 Å². The molecule has 1 aliphatic rings. The van der Waals surface area contributed by atoms with Gasteiger partial charge in [-0.3, -0.25) is 0 Å². The van der Waals surface area contributed by atoms with Gasteiger partial charge in [0.2, 0.25) is 0 Å². The molecule has 10 heavy (non-hydrogen) atoms. The predicted octanol–water partition coefficient (Wildman–Crippen LogP) is -2.58. The van der Waals surface area contributed by atoms with Crippen LogP contribution in [0.2, 0.25) is 0 Å². The highest BCUT2D eigenvalue weighted by atomic mass is 16.6. The second kappa shape index (κ2) is 2.81. The van der Waals surface area contributed by atoms with Crippen molar-refractivity contribution in [2.24, 2.45) is 0 Å². The first-order valence-electron chi connectivity index (χ1n) is 3.41. The number of ether oxygens (including phenoxy) is 1. The van der Waals surface area contributed by atoms with Crippen molar-refractivity contribution in [3.63, 3.8) is 0 Å². The van der Waals surface area contributed by atoms with Gasteiger partial charge >= 0.3 is 0 Å². The molecule has 1 saturated heterocycles. The van der Waals surface area contributed by atoms with E-state index in [0.29, 0.717) is 0 Å². The van der Waals surface area contributed by atoms with Gasteiger partial charge in [0.15, 0.2) is 6.29 Å². The van der Waals surface area contributed by atoms with Gasteiger partial charge in [0.05, 0.1) is 7.95 Å². The zero-order valence-electron chi connectivity index (χ0n) is 6.08. The minimum absolute atomic E-state index is 1.41. The van der Waals surface area contributed by atoms with Gasteiger partial charge in [-0.2, -0.15) is 0 Å². The van der Waals surface area contributed by atoms with Crippen LogP contribution < -0.4 is 0 Å². The Bertz CT molecular complexity index is 129. The van der Waals surface area contributed by atoms with Gasteiger partial charge in [0, 0.05) is 0 Å². The molecule has 0 unspecified atom stereocenters. The van der Waals surface area contributed by atoms with Crippen molar-refractivity contribution in [1.82, 2.24) is 0 Å². The van der Waals surface area contributed by atoms with E-state index in [-0.39, 0.29) is 0 Å².